The average molecular weight is 653 g/mol. The zero-order valence-electron chi connectivity index (χ0n) is 23.8. The SMILES string of the molecule is CC(C)CP(CC(C)C)C1=Cc2ccccc2[CH]1[Zr+2][CH]1C(P(C(C)C)C(C)C)=Cc2ccccc21.[Cl-].[Cl-]. The van der Waals surface area contributed by atoms with Crippen molar-refractivity contribution in [3.05, 3.63) is 81.4 Å². The van der Waals surface area contributed by atoms with Crippen LogP contribution in [0.5, 0.6) is 0 Å². The van der Waals surface area contributed by atoms with Gasteiger partial charge in [-0.2, -0.15) is 0 Å². The molecule has 0 heterocycles. The summed E-state index contributed by atoms with van der Waals surface area (Å²) in [6.07, 6.45) is 8.08. The number of hydrogen-bond acceptors (Lipinski definition) is 0. The number of halogens is 2. The first kappa shape index (κ1) is 33.4. The van der Waals surface area contributed by atoms with Gasteiger partial charge in [-0.1, -0.05) is 0 Å². The molecule has 0 radical (unpaired) electrons. The van der Waals surface area contributed by atoms with E-state index in [9.17, 15) is 0 Å². The van der Waals surface area contributed by atoms with E-state index in [1.165, 1.54) is 23.5 Å². The van der Waals surface area contributed by atoms with Gasteiger partial charge in [0, 0.05) is 0 Å². The summed E-state index contributed by atoms with van der Waals surface area (Å²) in [7, 11) is -0.200. The second kappa shape index (κ2) is 14.8. The van der Waals surface area contributed by atoms with Crippen molar-refractivity contribution >= 4 is 28.0 Å². The van der Waals surface area contributed by atoms with Crippen molar-refractivity contribution < 1.29 is 48.0 Å². The summed E-state index contributed by atoms with van der Waals surface area (Å²) < 4.78 is 1.45. The van der Waals surface area contributed by atoms with Gasteiger partial charge in [-0.25, -0.2) is 0 Å². The molecule has 0 saturated heterocycles. The van der Waals surface area contributed by atoms with Crippen LogP contribution in [0.1, 0.15) is 84.9 Å². The van der Waals surface area contributed by atoms with E-state index in [0.29, 0.717) is 0 Å². The quantitative estimate of drug-likeness (QED) is 0.335. The molecule has 200 valence electrons. The van der Waals surface area contributed by atoms with E-state index in [0.717, 1.165) is 30.4 Å². The summed E-state index contributed by atoms with van der Waals surface area (Å²) in [5, 5.41) is 3.69. The maximum absolute atomic E-state index is 2.66. The molecule has 0 fully saturated rings. The molecule has 37 heavy (non-hydrogen) atoms. The molecule has 0 bridgehead atoms. The fourth-order valence-electron chi connectivity index (χ4n) is 5.99. The molecule has 2 aliphatic rings. The normalized spacial score (nSPS) is 18.1. The van der Waals surface area contributed by atoms with Crippen LogP contribution in [0, 0.1) is 11.8 Å². The predicted molar refractivity (Wildman–Crippen MR) is 158 cm³/mol. The number of hydrogen-bond donors (Lipinski definition) is 0. The molecule has 2 aromatic rings. The smallest absolute Gasteiger partial charge is 1.00 e. The Morgan fingerprint density at radius 2 is 1.03 bits per heavy atom. The van der Waals surface area contributed by atoms with Gasteiger partial charge in [0.15, 0.2) is 0 Å². The second-order valence-electron chi connectivity index (χ2n) is 11.7. The number of rotatable bonds is 10. The molecule has 2 unspecified atom stereocenters. The van der Waals surface area contributed by atoms with Gasteiger partial charge in [0.25, 0.3) is 0 Å². The van der Waals surface area contributed by atoms with Crippen molar-refractivity contribution in [2.45, 2.75) is 74.0 Å². The first-order chi connectivity index (χ1) is 16.7. The Morgan fingerprint density at radius 1 is 0.622 bits per heavy atom. The maximum Gasteiger partial charge on any atom is -1.00 e. The topological polar surface area (TPSA) is 0 Å². The summed E-state index contributed by atoms with van der Waals surface area (Å²) in [5.41, 5.74) is 7.86. The second-order valence-corrected chi connectivity index (χ2v) is 21.1. The molecule has 0 aromatic heterocycles. The Morgan fingerprint density at radius 3 is 1.46 bits per heavy atom. The zero-order valence-corrected chi connectivity index (χ0v) is 29.6. The summed E-state index contributed by atoms with van der Waals surface area (Å²) >= 11 is -0.851. The minimum atomic E-state index is -0.851. The van der Waals surface area contributed by atoms with E-state index < -0.39 is 23.2 Å². The van der Waals surface area contributed by atoms with E-state index in [-0.39, 0.29) is 40.7 Å². The van der Waals surface area contributed by atoms with Crippen LogP contribution in [-0.2, 0) is 23.2 Å². The van der Waals surface area contributed by atoms with Crippen molar-refractivity contribution in [3.63, 3.8) is 0 Å². The fraction of sp³-hybridized carbons (Fsp3) is 0.500. The molecule has 4 rings (SSSR count). The minimum Gasteiger partial charge on any atom is -1.00 e. The van der Waals surface area contributed by atoms with Gasteiger partial charge in [0.1, 0.15) is 0 Å². The Kier molecular flexibility index (Phi) is 13.3. The van der Waals surface area contributed by atoms with Crippen molar-refractivity contribution in [2.75, 3.05) is 12.3 Å². The van der Waals surface area contributed by atoms with Crippen LogP contribution < -0.4 is 24.8 Å². The molecule has 5 heteroatoms. The summed E-state index contributed by atoms with van der Waals surface area (Å²) in [6, 6.07) is 18.8. The van der Waals surface area contributed by atoms with Gasteiger partial charge in [-0.3, -0.25) is 0 Å². The molecule has 0 aliphatic heterocycles. The molecular formula is C32H44Cl2P2Zr. The molecule has 2 aromatic carbocycles. The van der Waals surface area contributed by atoms with Crippen molar-refractivity contribution in [3.8, 4) is 0 Å². The standard InChI is InChI=1S/C17H24P.C15H20P.2ClH.Zr/c1-13(2)11-18(12-14(3)4)17-9-15-7-5-6-8-16(15)10-17;1-11(2)16(12(3)4)15-9-13-7-5-6-8-14(13)10-15;;;/h5-10,13-14H,11-12H2,1-4H3;5-12H,1-4H3;2*1H;/q;;;;+2/p-2. The minimum absolute atomic E-state index is 0. The van der Waals surface area contributed by atoms with E-state index >= 15 is 0 Å². The first-order valence-corrected chi connectivity index (χ1v) is 19.6. The van der Waals surface area contributed by atoms with Gasteiger partial charge in [0.2, 0.25) is 0 Å². The van der Waals surface area contributed by atoms with E-state index in [4.69, 9.17) is 0 Å². The van der Waals surface area contributed by atoms with E-state index in [1.54, 1.807) is 11.1 Å². The predicted octanol–water partition coefficient (Wildman–Crippen LogP) is 4.36. The molecule has 2 atom stereocenters. The number of benzene rings is 2. The number of allylic oxidation sites excluding steroid dienone is 2. The zero-order chi connectivity index (χ0) is 25.3. The Balaban J connectivity index is 0.00000241. The number of fused-ring (bicyclic) bond motifs is 2. The monoisotopic (exact) mass is 650 g/mol. The van der Waals surface area contributed by atoms with Crippen LogP contribution in [0.15, 0.2) is 59.2 Å². The Bertz CT molecular complexity index is 1070. The van der Waals surface area contributed by atoms with Crippen molar-refractivity contribution in [1.82, 2.24) is 0 Å². The van der Waals surface area contributed by atoms with Gasteiger partial charge in [-0.15, -0.1) is 0 Å². The third kappa shape index (κ3) is 7.71. The van der Waals surface area contributed by atoms with E-state index in [2.05, 4.69) is 116 Å². The van der Waals surface area contributed by atoms with Crippen molar-refractivity contribution in [2.24, 2.45) is 11.8 Å². The Hall–Kier alpha value is 0.243. The molecule has 0 N–H and O–H groups in total. The molecule has 0 spiro atoms. The summed E-state index contributed by atoms with van der Waals surface area (Å²) in [5.74, 6) is 1.54. The fourth-order valence-corrected chi connectivity index (χ4v) is 19.8. The van der Waals surface area contributed by atoms with Gasteiger partial charge in [0.05, 0.1) is 0 Å². The van der Waals surface area contributed by atoms with Crippen LogP contribution in [0.4, 0.5) is 0 Å². The first-order valence-electron chi connectivity index (χ1n) is 13.6. The summed E-state index contributed by atoms with van der Waals surface area (Å²) in [6.45, 7) is 19.6. The average Bonchev–Trinajstić information content (AvgIpc) is 3.31. The maximum atomic E-state index is 2.66. The third-order valence-electron chi connectivity index (χ3n) is 7.09. The molecule has 0 saturated carbocycles. The molecule has 0 amide bonds. The van der Waals surface area contributed by atoms with Crippen LogP contribution in [0.2, 0.25) is 0 Å². The van der Waals surface area contributed by atoms with Gasteiger partial charge < -0.3 is 24.8 Å². The van der Waals surface area contributed by atoms with Crippen LogP contribution in [0.3, 0.4) is 0 Å². The van der Waals surface area contributed by atoms with Crippen molar-refractivity contribution in [1.29, 1.82) is 0 Å². The third-order valence-corrected chi connectivity index (χ3v) is 19.7. The van der Waals surface area contributed by atoms with Gasteiger partial charge in [-0.05, 0) is 0 Å². The van der Waals surface area contributed by atoms with Crippen LogP contribution >= 0.6 is 15.8 Å². The molecule has 0 nitrogen and oxygen atoms in total. The summed E-state index contributed by atoms with van der Waals surface area (Å²) in [4.78, 5) is 0. The largest absolute Gasteiger partial charge is 1.00 e. The van der Waals surface area contributed by atoms with Crippen LogP contribution in [-0.4, -0.2) is 23.6 Å². The Labute approximate surface area is 253 Å². The molecular weight excluding hydrogens is 608 g/mol. The molecule has 2 aliphatic carbocycles. The van der Waals surface area contributed by atoms with E-state index in [1.807, 2.05) is 10.6 Å². The van der Waals surface area contributed by atoms with Crippen LogP contribution in [0.25, 0.3) is 12.2 Å². The van der Waals surface area contributed by atoms with Gasteiger partial charge >= 0.3 is 231 Å².